The topological polar surface area (TPSA) is 76.0 Å². The van der Waals surface area contributed by atoms with Crippen molar-refractivity contribution in [1.29, 1.82) is 0 Å². The van der Waals surface area contributed by atoms with Crippen LogP contribution in [0.3, 0.4) is 0 Å². The second kappa shape index (κ2) is 7.17. The number of thioether (sulfide) groups is 1. The molecule has 1 fully saturated rings. The van der Waals surface area contributed by atoms with E-state index in [0.717, 1.165) is 10.9 Å². The molecule has 2 rings (SSSR count). The summed E-state index contributed by atoms with van der Waals surface area (Å²) < 4.78 is 2.27. The number of aromatic nitrogens is 2. The predicted molar refractivity (Wildman–Crippen MR) is 87.1 cm³/mol. The van der Waals surface area contributed by atoms with Crippen LogP contribution in [-0.4, -0.2) is 33.8 Å². The van der Waals surface area contributed by atoms with Crippen LogP contribution in [-0.2, 0) is 4.79 Å². The Morgan fingerprint density at radius 2 is 1.95 bits per heavy atom. The predicted octanol–water partition coefficient (Wildman–Crippen LogP) is 2.55. The van der Waals surface area contributed by atoms with Crippen molar-refractivity contribution in [2.24, 2.45) is 0 Å². The summed E-state index contributed by atoms with van der Waals surface area (Å²) in [6.45, 7) is 5.88. The Bertz CT molecular complexity index is 564. The Hall–Kier alpha value is -1.50. The Labute approximate surface area is 135 Å². The number of hydrogen-bond acceptors (Lipinski definition) is 4. The summed E-state index contributed by atoms with van der Waals surface area (Å²) in [4.78, 5) is 27.9. The van der Waals surface area contributed by atoms with E-state index in [1.807, 2.05) is 6.92 Å². The van der Waals surface area contributed by atoms with Crippen molar-refractivity contribution in [2.75, 3.05) is 7.05 Å². The first-order valence-electron chi connectivity index (χ1n) is 7.68. The van der Waals surface area contributed by atoms with E-state index < -0.39 is 6.03 Å². The summed E-state index contributed by atoms with van der Waals surface area (Å²) in [6, 6.07) is 0.00171. The molecule has 1 aromatic heterocycles. The van der Waals surface area contributed by atoms with Gasteiger partial charge in [0.05, 0.1) is 10.9 Å². The zero-order valence-corrected chi connectivity index (χ0v) is 14.4. The second-order valence-electron chi connectivity index (χ2n) is 5.70. The molecule has 1 aromatic rings. The van der Waals surface area contributed by atoms with Gasteiger partial charge in [0.15, 0.2) is 5.16 Å². The molecule has 122 valence electrons. The quantitative estimate of drug-likeness (QED) is 0.835. The minimum atomic E-state index is -0.482. The molecule has 0 aliphatic heterocycles. The zero-order valence-electron chi connectivity index (χ0n) is 13.6. The Kier molecular flexibility index (Phi) is 5.50. The van der Waals surface area contributed by atoms with Crippen LogP contribution in [0.25, 0.3) is 0 Å². The molecule has 0 spiro atoms. The highest BCUT2D eigenvalue weighted by Crippen LogP contribution is 2.36. The number of imide groups is 1. The minimum absolute atomic E-state index is 0.305. The maximum atomic E-state index is 12.0. The van der Waals surface area contributed by atoms with Gasteiger partial charge >= 0.3 is 6.03 Å². The molecule has 1 aliphatic rings. The SMILES string of the molecule is CNC(=O)NC(=O)[C@H](C)Sc1nc(C)c(C)n1C1CCCC1. The van der Waals surface area contributed by atoms with Crippen molar-refractivity contribution in [1.82, 2.24) is 20.2 Å². The number of nitrogens with zero attached hydrogens (tertiary/aromatic N) is 2. The van der Waals surface area contributed by atoms with Crippen LogP contribution in [0.4, 0.5) is 4.79 Å². The molecule has 1 atom stereocenters. The van der Waals surface area contributed by atoms with Crippen LogP contribution in [0.5, 0.6) is 0 Å². The van der Waals surface area contributed by atoms with E-state index in [2.05, 4.69) is 27.1 Å². The van der Waals surface area contributed by atoms with E-state index in [-0.39, 0.29) is 11.2 Å². The summed E-state index contributed by atoms with van der Waals surface area (Å²) in [5, 5.41) is 5.20. The van der Waals surface area contributed by atoms with Gasteiger partial charge in [0.2, 0.25) is 5.91 Å². The van der Waals surface area contributed by atoms with Crippen LogP contribution >= 0.6 is 11.8 Å². The van der Waals surface area contributed by atoms with Gasteiger partial charge in [-0.25, -0.2) is 9.78 Å². The molecule has 0 unspecified atom stereocenters. The summed E-state index contributed by atoms with van der Waals surface area (Å²) in [5.74, 6) is -0.305. The van der Waals surface area contributed by atoms with E-state index in [4.69, 9.17) is 0 Å². The maximum absolute atomic E-state index is 12.0. The minimum Gasteiger partial charge on any atom is -0.341 e. The molecule has 0 aromatic carbocycles. The highest BCUT2D eigenvalue weighted by molar-refractivity contribution is 8.00. The fourth-order valence-electron chi connectivity index (χ4n) is 2.76. The molecule has 3 amide bonds. The van der Waals surface area contributed by atoms with Crippen molar-refractivity contribution in [3.8, 4) is 0 Å². The largest absolute Gasteiger partial charge is 0.341 e. The summed E-state index contributed by atoms with van der Waals surface area (Å²) in [6.07, 6.45) is 4.84. The average molecular weight is 324 g/mol. The molecular weight excluding hydrogens is 300 g/mol. The fourth-order valence-corrected chi connectivity index (χ4v) is 3.83. The van der Waals surface area contributed by atoms with Crippen molar-refractivity contribution >= 4 is 23.7 Å². The standard InChI is InChI=1S/C15H24N4O2S/c1-9-10(2)19(12-7-5-6-8-12)15(17-9)22-11(3)13(20)18-14(21)16-4/h11-12H,5-8H2,1-4H3,(H2,16,18,20,21)/t11-/m0/s1. The number of aryl methyl sites for hydroxylation is 1. The van der Waals surface area contributed by atoms with Gasteiger partial charge in [-0.05, 0) is 33.6 Å². The van der Waals surface area contributed by atoms with E-state index in [9.17, 15) is 9.59 Å². The number of nitrogens with one attached hydrogen (secondary N) is 2. The number of hydrogen-bond donors (Lipinski definition) is 2. The van der Waals surface area contributed by atoms with Crippen molar-refractivity contribution < 1.29 is 9.59 Å². The van der Waals surface area contributed by atoms with Gasteiger partial charge < -0.3 is 9.88 Å². The third-order valence-electron chi connectivity index (χ3n) is 4.16. The van der Waals surface area contributed by atoms with Crippen LogP contribution in [0.1, 0.15) is 50.0 Å². The molecular formula is C15H24N4O2S. The number of amides is 3. The van der Waals surface area contributed by atoms with E-state index in [1.165, 1.54) is 50.2 Å². The lowest BCUT2D eigenvalue weighted by atomic mass is 10.2. The molecule has 0 saturated heterocycles. The molecule has 22 heavy (non-hydrogen) atoms. The molecule has 1 saturated carbocycles. The first-order chi connectivity index (χ1) is 10.4. The molecule has 0 bridgehead atoms. The molecule has 0 radical (unpaired) electrons. The van der Waals surface area contributed by atoms with E-state index in [1.54, 1.807) is 6.92 Å². The average Bonchev–Trinajstić information content (AvgIpc) is 3.08. The number of carbonyl (C=O) groups excluding carboxylic acids is 2. The first kappa shape index (κ1) is 16.9. The molecule has 6 nitrogen and oxygen atoms in total. The number of rotatable bonds is 4. The highest BCUT2D eigenvalue weighted by Gasteiger charge is 2.26. The van der Waals surface area contributed by atoms with Gasteiger partial charge in [0.25, 0.3) is 0 Å². The molecule has 1 aliphatic carbocycles. The van der Waals surface area contributed by atoms with Gasteiger partial charge in [0, 0.05) is 18.8 Å². The van der Waals surface area contributed by atoms with E-state index >= 15 is 0 Å². The third kappa shape index (κ3) is 3.63. The lowest BCUT2D eigenvalue weighted by Crippen LogP contribution is -2.41. The van der Waals surface area contributed by atoms with Gasteiger partial charge in [0.1, 0.15) is 0 Å². The third-order valence-corrected chi connectivity index (χ3v) is 5.23. The van der Waals surface area contributed by atoms with Gasteiger partial charge in [-0.15, -0.1) is 0 Å². The van der Waals surface area contributed by atoms with E-state index in [0.29, 0.717) is 6.04 Å². The number of urea groups is 1. The first-order valence-corrected chi connectivity index (χ1v) is 8.56. The van der Waals surface area contributed by atoms with Gasteiger partial charge in [-0.3, -0.25) is 10.1 Å². The zero-order chi connectivity index (χ0) is 16.3. The van der Waals surface area contributed by atoms with Gasteiger partial charge in [-0.2, -0.15) is 0 Å². The van der Waals surface area contributed by atoms with Crippen molar-refractivity contribution in [3.63, 3.8) is 0 Å². The summed E-state index contributed by atoms with van der Waals surface area (Å²) in [5.41, 5.74) is 2.18. The van der Waals surface area contributed by atoms with Crippen LogP contribution in [0, 0.1) is 13.8 Å². The summed E-state index contributed by atoms with van der Waals surface area (Å²) >= 11 is 1.41. The Balaban J connectivity index is 2.13. The Morgan fingerprint density at radius 3 is 2.55 bits per heavy atom. The molecule has 2 N–H and O–H groups in total. The summed E-state index contributed by atoms with van der Waals surface area (Å²) in [7, 11) is 1.49. The highest BCUT2D eigenvalue weighted by atomic mass is 32.2. The van der Waals surface area contributed by atoms with Crippen molar-refractivity contribution in [3.05, 3.63) is 11.4 Å². The second-order valence-corrected chi connectivity index (χ2v) is 7.01. The lowest BCUT2D eigenvalue weighted by Gasteiger charge is -2.18. The normalized spacial score (nSPS) is 16.5. The van der Waals surface area contributed by atoms with Crippen LogP contribution in [0.15, 0.2) is 5.16 Å². The van der Waals surface area contributed by atoms with Gasteiger partial charge in [-0.1, -0.05) is 24.6 Å². The fraction of sp³-hybridized carbons (Fsp3) is 0.667. The molecule has 7 heteroatoms. The Morgan fingerprint density at radius 1 is 1.32 bits per heavy atom. The van der Waals surface area contributed by atoms with Crippen LogP contribution < -0.4 is 10.6 Å². The smallest absolute Gasteiger partial charge is 0.321 e. The van der Waals surface area contributed by atoms with Crippen molar-refractivity contribution in [2.45, 2.75) is 62.9 Å². The van der Waals surface area contributed by atoms with Crippen LogP contribution in [0.2, 0.25) is 0 Å². The number of carbonyl (C=O) groups is 2. The number of imidazole rings is 1. The monoisotopic (exact) mass is 324 g/mol. The lowest BCUT2D eigenvalue weighted by molar-refractivity contribution is -0.119. The molecule has 1 heterocycles. The maximum Gasteiger partial charge on any atom is 0.321 e.